The second kappa shape index (κ2) is 9.98. The number of nitrogens with one attached hydrogen (secondary N) is 1. The van der Waals surface area contributed by atoms with Crippen LogP contribution in [0.3, 0.4) is 0 Å². The van der Waals surface area contributed by atoms with Crippen LogP contribution in [0.25, 0.3) is 0 Å². The Bertz CT molecular complexity index is 905. The van der Waals surface area contributed by atoms with Crippen LogP contribution in [0.5, 0.6) is 0 Å². The highest BCUT2D eigenvalue weighted by molar-refractivity contribution is 5.91. The van der Waals surface area contributed by atoms with E-state index in [0.29, 0.717) is 30.6 Å². The van der Waals surface area contributed by atoms with Crippen molar-refractivity contribution in [3.05, 3.63) is 42.0 Å². The van der Waals surface area contributed by atoms with Crippen LogP contribution >= 0.6 is 0 Å². The van der Waals surface area contributed by atoms with Gasteiger partial charge in [-0.1, -0.05) is 0 Å². The Labute approximate surface area is 181 Å². The number of fused-ring (bicyclic) bond motifs is 1. The molecule has 0 unspecified atom stereocenters. The molecule has 0 spiro atoms. The van der Waals surface area contributed by atoms with Crippen molar-refractivity contribution < 1.29 is 37.0 Å². The number of carbonyl (C=O) groups excluding carboxylic acids is 1. The third kappa shape index (κ3) is 5.96. The summed E-state index contributed by atoms with van der Waals surface area (Å²) in [5, 5.41) is 18.8. The molecule has 1 amide bonds. The predicted molar refractivity (Wildman–Crippen MR) is 105 cm³/mol. The first-order valence-corrected chi connectivity index (χ1v) is 9.96. The van der Waals surface area contributed by atoms with Crippen molar-refractivity contribution in [3.8, 4) is 0 Å². The van der Waals surface area contributed by atoms with Crippen LogP contribution in [0.15, 0.2) is 34.9 Å². The largest absolute Gasteiger partial charge is 0.490 e. The number of nitrogens with zero attached hydrogens (tertiary/aromatic N) is 3. The summed E-state index contributed by atoms with van der Waals surface area (Å²) in [5.41, 5.74) is 0.871. The third-order valence-corrected chi connectivity index (χ3v) is 5.16. The lowest BCUT2D eigenvalue weighted by molar-refractivity contribution is -0.192. The number of hydrogen-bond acceptors (Lipinski definition) is 7. The van der Waals surface area contributed by atoms with Gasteiger partial charge in [-0.3, -0.25) is 4.79 Å². The Hall–Kier alpha value is -3.15. The maximum absolute atomic E-state index is 12.7. The van der Waals surface area contributed by atoms with E-state index in [-0.39, 0.29) is 18.1 Å². The Morgan fingerprint density at radius 2 is 1.97 bits per heavy atom. The summed E-state index contributed by atoms with van der Waals surface area (Å²) >= 11 is 0. The number of halogens is 3. The Kier molecular flexibility index (Phi) is 7.33. The number of rotatable bonds is 3. The molecule has 2 aromatic rings. The summed E-state index contributed by atoms with van der Waals surface area (Å²) in [6.07, 6.45) is -1.38. The lowest BCUT2D eigenvalue weighted by atomic mass is 9.85. The molecule has 2 aliphatic heterocycles. The van der Waals surface area contributed by atoms with Crippen LogP contribution in [-0.4, -0.2) is 70.1 Å². The van der Waals surface area contributed by atoms with Gasteiger partial charge in [0.15, 0.2) is 5.76 Å². The Morgan fingerprint density at radius 1 is 1.22 bits per heavy atom. The standard InChI is InChI=1S/C18H22N4O3.C2HF3O2/c1-12-6-7-16(21-20-12)19-14-11-22(18(23)15-5-3-8-24-15)10-13-4-2-9-25-17(13)14;3-2(4,5)1(6)7/h3,5-8,13-14,17H,2,4,9-11H2,1H3,(H,19,21);(H,6,7)/t13-,14+,17-;/m0./s1. The molecule has 2 fully saturated rings. The van der Waals surface area contributed by atoms with Gasteiger partial charge in [-0.25, -0.2) is 4.79 Å². The summed E-state index contributed by atoms with van der Waals surface area (Å²) in [6, 6.07) is 7.26. The Balaban J connectivity index is 0.000000360. The van der Waals surface area contributed by atoms with Gasteiger partial charge in [0.05, 0.1) is 24.1 Å². The third-order valence-electron chi connectivity index (χ3n) is 5.16. The summed E-state index contributed by atoms with van der Waals surface area (Å²) in [7, 11) is 0. The number of hydrogen-bond donors (Lipinski definition) is 2. The number of aryl methyl sites for hydroxylation is 1. The predicted octanol–water partition coefficient (Wildman–Crippen LogP) is 2.74. The topological polar surface area (TPSA) is 118 Å². The fraction of sp³-hybridized carbons (Fsp3) is 0.500. The van der Waals surface area contributed by atoms with Gasteiger partial charge in [0.25, 0.3) is 5.91 Å². The molecule has 4 heterocycles. The smallest absolute Gasteiger partial charge is 0.475 e. The molecule has 0 aromatic carbocycles. The molecule has 174 valence electrons. The van der Waals surface area contributed by atoms with Crippen molar-refractivity contribution >= 4 is 17.7 Å². The normalized spacial score (nSPS) is 22.9. The van der Waals surface area contributed by atoms with E-state index in [2.05, 4.69) is 15.5 Å². The van der Waals surface area contributed by atoms with Crippen LogP contribution < -0.4 is 5.32 Å². The van der Waals surface area contributed by atoms with Crippen molar-refractivity contribution in [1.82, 2.24) is 15.1 Å². The quantitative estimate of drug-likeness (QED) is 0.724. The number of furan rings is 1. The number of alkyl halides is 3. The van der Waals surface area contributed by atoms with Crippen LogP contribution in [-0.2, 0) is 9.53 Å². The van der Waals surface area contributed by atoms with Gasteiger partial charge in [0.1, 0.15) is 5.82 Å². The number of amides is 1. The fourth-order valence-electron chi connectivity index (χ4n) is 3.72. The number of aromatic nitrogens is 2. The lowest BCUT2D eigenvalue weighted by Gasteiger charge is -2.45. The van der Waals surface area contributed by atoms with E-state index in [1.807, 2.05) is 24.0 Å². The van der Waals surface area contributed by atoms with Crippen LogP contribution in [0, 0.1) is 12.8 Å². The number of carbonyl (C=O) groups is 2. The highest BCUT2D eigenvalue weighted by Crippen LogP contribution is 2.30. The monoisotopic (exact) mass is 456 g/mol. The average Bonchev–Trinajstić information content (AvgIpc) is 3.29. The molecule has 2 saturated heterocycles. The zero-order valence-electron chi connectivity index (χ0n) is 17.2. The van der Waals surface area contributed by atoms with E-state index < -0.39 is 12.1 Å². The number of aliphatic carboxylic acids is 1. The summed E-state index contributed by atoms with van der Waals surface area (Å²) < 4.78 is 43.1. The van der Waals surface area contributed by atoms with Gasteiger partial charge >= 0.3 is 12.1 Å². The van der Waals surface area contributed by atoms with Gasteiger partial charge < -0.3 is 24.5 Å². The van der Waals surface area contributed by atoms with Crippen molar-refractivity contribution in [2.45, 2.75) is 38.1 Å². The van der Waals surface area contributed by atoms with E-state index in [9.17, 15) is 18.0 Å². The van der Waals surface area contributed by atoms with Crippen LogP contribution in [0.2, 0.25) is 0 Å². The van der Waals surface area contributed by atoms with E-state index in [0.717, 1.165) is 25.1 Å². The molecule has 0 saturated carbocycles. The highest BCUT2D eigenvalue weighted by atomic mass is 19.4. The van der Waals surface area contributed by atoms with Crippen molar-refractivity contribution in [3.63, 3.8) is 0 Å². The molecule has 2 aromatic heterocycles. The maximum Gasteiger partial charge on any atom is 0.490 e. The molecular formula is C20H23F3N4O5. The first kappa shape index (κ1) is 23.5. The number of anilines is 1. The second-order valence-electron chi connectivity index (χ2n) is 7.54. The summed E-state index contributed by atoms with van der Waals surface area (Å²) in [6.45, 7) is 3.92. The van der Waals surface area contributed by atoms with Crippen molar-refractivity contribution in [2.24, 2.45) is 5.92 Å². The van der Waals surface area contributed by atoms with Crippen LogP contribution in [0.1, 0.15) is 29.1 Å². The van der Waals surface area contributed by atoms with E-state index >= 15 is 0 Å². The second-order valence-corrected chi connectivity index (χ2v) is 7.54. The highest BCUT2D eigenvalue weighted by Gasteiger charge is 2.41. The number of carboxylic acids is 1. The first-order valence-electron chi connectivity index (χ1n) is 9.96. The van der Waals surface area contributed by atoms with Gasteiger partial charge in [-0.15, -0.1) is 5.10 Å². The number of carboxylic acid groups (broad SMARTS) is 1. The molecule has 12 heteroatoms. The average molecular weight is 456 g/mol. The minimum atomic E-state index is -5.08. The fourth-order valence-corrected chi connectivity index (χ4v) is 3.72. The minimum absolute atomic E-state index is 0.0185. The van der Waals surface area contributed by atoms with Gasteiger partial charge in [-0.2, -0.15) is 18.3 Å². The molecule has 0 aliphatic carbocycles. The first-order chi connectivity index (χ1) is 15.1. The van der Waals surface area contributed by atoms with Crippen molar-refractivity contribution in [2.75, 3.05) is 25.0 Å². The molecule has 0 bridgehead atoms. The van der Waals surface area contributed by atoms with Gasteiger partial charge in [-0.05, 0) is 44.0 Å². The van der Waals surface area contributed by atoms with Crippen molar-refractivity contribution in [1.29, 1.82) is 0 Å². The summed E-state index contributed by atoms with van der Waals surface area (Å²) in [5.74, 6) is -1.43. The molecule has 0 radical (unpaired) electrons. The molecule has 2 N–H and O–H groups in total. The lowest BCUT2D eigenvalue weighted by Crippen LogP contribution is -2.59. The molecule has 3 atom stereocenters. The number of ether oxygens (including phenoxy) is 1. The molecule has 32 heavy (non-hydrogen) atoms. The zero-order valence-corrected chi connectivity index (χ0v) is 17.2. The number of likely N-dealkylation sites (tertiary alicyclic amines) is 1. The van der Waals surface area contributed by atoms with E-state index in [1.165, 1.54) is 6.26 Å². The molecular weight excluding hydrogens is 433 g/mol. The van der Waals surface area contributed by atoms with E-state index in [1.54, 1.807) is 12.1 Å². The maximum atomic E-state index is 12.7. The van der Waals surface area contributed by atoms with Crippen LogP contribution in [0.4, 0.5) is 19.0 Å². The molecule has 2 aliphatic rings. The number of piperidine rings is 1. The summed E-state index contributed by atoms with van der Waals surface area (Å²) in [4.78, 5) is 23.5. The van der Waals surface area contributed by atoms with Gasteiger partial charge in [0.2, 0.25) is 0 Å². The zero-order chi connectivity index (χ0) is 23.3. The minimum Gasteiger partial charge on any atom is -0.475 e. The molecule has 4 rings (SSSR count). The van der Waals surface area contributed by atoms with E-state index in [4.69, 9.17) is 19.1 Å². The Morgan fingerprint density at radius 3 is 2.56 bits per heavy atom. The SMILES string of the molecule is Cc1ccc(N[C@@H]2CN(C(=O)c3ccco3)C[C@@H]3CCCO[C@@H]32)nn1.O=C(O)C(F)(F)F. The van der Waals surface area contributed by atoms with Gasteiger partial charge in [0, 0.05) is 25.6 Å². The molecule has 9 nitrogen and oxygen atoms in total.